The van der Waals surface area contributed by atoms with Gasteiger partial charge in [0.2, 0.25) is 0 Å². The summed E-state index contributed by atoms with van der Waals surface area (Å²) in [7, 11) is -3.41. The molecule has 30 heavy (non-hydrogen) atoms. The number of thioether (sulfide) groups is 1. The zero-order valence-corrected chi connectivity index (χ0v) is 17.2. The molecular formula is C19H16N6O3S2. The Morgan fingerprint density at radius 3 is 2.93 bits per heavy atom. The number of hydrogen-bond donors (Lipinski definition) is 1. The Hall–Kier alpha value is -3.18. The van der Waals surface area contributed by atoms with Crippen LogP contribution < -0.4 is 10.2 Å². The van der Waals surface area contributed by atoms with Crippen molar-refractivity contribution in [3.63, 3.8) is 0 Å². The Morgan fingerprint density at radius 2 is 2.10 bits per heavy atom. The zero-order chi connectivity index (χ0) is 20.7. The Kier molecular flexibility index (Phi) is 4.55. The summed E-state index contributed by atoms with van der Waals surface area (Å²) in [5.41, 5.74) is 2.20. The summed E-state index contributed by atoms with van der Waals surface area (Å²) in [6, 6.07) is 12.7. The fourth-order valence-electron chi connectivity index (χ4n) is 3.23. The smallest absolute Gasteiger partial charge is 0.257 e. The molecule has 3 aromatic rings. The van der Waals surface area contributed by atoms with E-state index in [9.17, 15) is 13.2 Å². The number of hydrogen-bond acceptors (Lipinski definition) is 7. The third kappa shape index (κ3) is 3.68. The fourth-order valence-corrected chi connectivity index (χ4v) is 5.53. The maximum atomic E-state index is 12.7. The lowest BCUT2D eigenvalue weighted by molar-refractivity contribution is 0.102. The molecule has 4 heterocycles. The van der Waals surface area contributed by atoms with Crippen molar-refractivity contribution in [2.75, 3.05) is 22.5 Å². The number of amidine groups is 1. The SMILES string of the molecule is O=C(Nc1ccn(Cc2ccccn2)n1)c1ccc2c(c1)SC1=NS(=O)(=O)CCN12. The van der Waals surface area contributed by atoms with Crippen molar-refractivity contribution in [2.45, 2.75) is 11.4 Å². The molecule has 5 rings (SSSR count). The lowest BCUT2D eigenvalue weighted by Gasteiger charge is -2.22. The van der Waals surface area contributed by atoms with E-state index in [4.69, 9.17) is 0 Å². The monoisotopic (exact) mass is 440 g/mol. The topological polar surface area (TPSA) is 110 Å². The van der Waals surface area contributed by atoms with Crippen LogP contribution in [0.3, 0.4) is 0 Å². The number of carbonyl (C=O) groups excluding carboxylic acids is 1. The maximum absolute atomic E-state index is 12.7. The fraction of sp³-hybridized carbons (Fsp3) is 0.158. The van der Waals surface area contributed by atoms with Gasteiger partial charge in [-0.3, -0.25) is 14.5 Å². The summed E-state index contributed by atoms with van der Waals surface area (Å²) in [4.78, 5) is 19.6. The summed E-state index contributed by atoms with van der Waals surface area (Å²) in [6.07, 6.45) is 3.50. The van der Waals surface area contributed by atoms with Gasteiger partial charge in [-0.2, -0.15) is 5.10 Å². The van der Waals surface area contributed by atoms with Crippen LogP contribution in [0.2, 0.25) is 0 Å². The first-order chi connectivity index (χ1) is 14.5. The predicted octanol–water partition coefficient (Wildman–Crippen LogP) is 2.19. The quantitative estimate of drug-likeness (QED) is 0.662. The van der Waals surface area contributed by atoms with Gasteiger partial charge in [0.05, 0.1) is 23.7 Å². The number of carbonyl (C=O) groups is 1. The van der Waals surface area contributed by atoms with Gasteiger partial charge in [-0.05, 0) is 42.1 Å². The number of sulfonamides is 1. The van der Waals surface area contributed by atoms with Gasteiger partial charge in [0.25, 0.3) is 15.9 Å². The van der Waals surface area contributed by atoms with Crippen molar-refractivity contribution in [3.8, 4) is 0 Å². The highest BCUT2D eigenvalue weighted by atomic mass is 32.2. The summed E-state index contributed by atoms with van der Waals surface area (Å²) in [5.74, 6) is 0.137. The van der Waals surface area contributed by atoms with Gasteiger partial charge in [0, 0.05) is 35.5 Å². The predicted molar refractivity (Wildman–Crippen MR) is 114 cm³/mol. The second-order valence-corrected chi connectivity index (χ2v) is 9.53. The zero-order valence-electron chi connectivity index (χ0n) is 15.6. The molecule has 0 radical (unpaired) electrons. The average molecular weight is 441 g/mol. The molecule has 0 fully saturated rings. The van der Waals surface area contributed by atoms with Gasteiger partial charge in [-0.25, -0.2) is 8.42 Å². The maximum Gasteiger partial charge on any atom is 0.257 e. The van der Waals surface area contributed by atoms with Crippen molar-refractivity contribution in [3.05, 3.63) is 66.1 Å². The van der Waals surface area contributed by atoms with Crippen LogP contribution in [-0.2, 0) is 16.6 Å². The first-order valence-electron chi connectivity index (χ1n) is 9.14. The van der Waals surface area contributed by atoms with Crippen LogP contribution in [-0.4, -0.2) is 46.6 Å². The van der Waals surface area contributed by atoms with E-state index in [1.807, 2.05) is 29.2 Å². The normalized spacial score (nSPS) is 16.5. The van der Waals surface area contributed by atoms with Crippen molar-refractivity contribution < 1.29 is 13.2 Å². The summed E-state index contributed by atoms with van der Waals surface area (Å²) in [6.45, 7) is 0.869. The van der Waals surface area contributed by atoms with Gasteiger partial charge in [-0.1, -0.05) is 6.07 Å². The van der Waals surface area contributed by atoms with E-state index in [-0.39, 0.29) is 11.7 Å². The third-order valence-electron chi connectivity index (χ3n) is 4.67. The van der Waals surface area contributed by atoms with Crippen LogP contribution in [0.15, 0.2) is 64.2 Å². The molecule has 11 heteroatoms. The van der Waals surface area contributed by atoms with E-state index in [2.05, 4.69) is 19.8 Å². The summed E-state index contributed by atoms with van der Waals surface area (Å²) in [5, 5.41) is 7.59. The Morgan fingerprint density at radius 1 is 1.20 bits per heavy atom. The van der Waals surface area contributed by atoms with Crippen LogP contribution in [0.5, 0.6) is 0 Å². The summed E-state index contributed by atoms with van der Waals surface area (Å²) < 4.78 is 29.0. The molecule has 0 spiro atoms. The number of anilines is 2. The number of benzene rings is 1. The second kappa shape index (κ2) is 7.26. The van der Waals surface area contributed by atoms with E-state index in [1.165, 1.54) is 11.8 Å². The first-order valence-corrected chi connectivity index (χ1v) is 11.6. The third-order valence-corrected chi connectivity index (χ3v) is 6.97. The Balaban J connectivity index is 1.31. The van der Waals surface area contributed by atoms with Crippen molar-refractivity contribution in [1.82, 2.24) is 14.8 Å². The minimum absolute atomic E-state index is 0.0140. The second-order valence-electron chi connectivity index (χ2n) is 6.77. The highest BCUT2D eigenvalue weighted by Gasteiger charge is 2.33. The molecule has 0 atom stereocenters. The van der Waals surface area contributed by atoms with Crippen LogP contribution in [0.4, 0.5) is 11.5 Å². The molecule has 9 nitrogen and oxygen atoms in total. The van der Waals surface area contributed by atoms with E-state index >= 15 is 0 Å². The molecule has 1 N–H and O–H groups in total. The minimum atomic E-state index is -3.41. The van der Waals surface area contributed by atoms with Crippen LogP contribution in [0, 0.1) is 0 Å². The van der Waals surface area contributed by atoms with Gasteiger partial charge >= 0.3 is 0 Å². The number of nitrogens with zero attached hydrogens (tertiary/aromatic N) is 5. The van der Waals surface area contributed by atoms with Gasteiger partial charge < -0.3 is 10.2 Å². The average Bonchev–Trinajstić information content (AvgIpc) is 3.30. The number of rotatable bonds is 4. The molecule has 2 aliphatic heterocycles. The molecule has 0 saturated carbocycles. The molecule has 0 aliphatic carbocycles. The number of nitrogens with one attached hydrogen (secondary N) is 1. The van der Waals surface area contributed by atoms with E-state index in [1.54, 1.807) is 35.3 Å². The van der Waals surface area contributed by atoms with Gasteiger partial charge in [-0.15, -0.1) is 4.40 Å². The molecule has 152 valence electrons. The summed E-state index contributed by atoms with van der Waals surface area (Å²) >= 11 is 1.26. The molecule has 2 aromatic heterocycles. The molecule has 0 bridgehead atoms. The van der Waals surface area contributed by atoms with E-state index < -0.39 is 10.0 Å². The lowest BCUT2D eigenvalue weighted by atomic mass is 10.2. The number of pyridine rings is 1. The molecular weight excluding hydrogens is 424 g/mol. The Bertz CT molecular complexity index is 1270. The minimum Gasteiger partial charge on any atom is -0.318 e. The van der Waals surface area contributed by atoms with Crippen molar-refractivity contribution >= 4 is 44.4 Å². The molecule has 0 saturated heterocycles. The van der Waals surface area contributed by atoms with E-state index in [0.717, 1.165) is 16.3 Å². The van der Waals surface area contributed by atoms with E-state index in [0.29, 0.717) is 29.6 Å². The van der Waals surface area contributed by atoms with Crippen LogP contribution in [0.1, 0.15) is 16.1 Å². The number of amides is 1. The van der Waals surface area contributed by atoms with Crippen molar-refractivity contribution in [2.24, 2.45) is 4.40 Å². The lowest BCUT2D eigenvalue weighted by Crippen LogP contribution is -2.35. The van der Waals surface area contributed by atoms with Crippen LogP contribution >= 0.6 is 11.8 Å². The van der Waals surface area contributed by atoms with Gasteiger partial charge in [0.1, 0.15) is 0 Å². The highest BCUT2D eigenvalue weighted by Crippen LogP contribution is 2.42. The molecule has 1 aromatic carbocycles. The van der Waals surface area contributed by atoms with Crippen LogP contribution in [0.25, 0.3) is 0 Å². The number of aromatic nitrogens is 3. The van der Waals surface area contributed by atoms with Crippen molar-refractivity contribution in [1.29, 1.82) is 0 Å². The van der Waals surface area contributed by atoms with Gasteiger partial charge in [0.15, 0.2) is 11.0 Å². The standard InChI is InChI=1S/C19H16N6O3S2/c26-18(21-17-6-8-24(22-17)12-14-3-1-2-7-20-14)13-4-5-15-16(11-13)29-19-23-30(27,28)10-9-25(15)19/h1-8,11H,9-10,12H2,(H,21,22,26). The Labute approximate surface area is 176 Å². The largest absolute Gasteiger partial charge is 0.318 e. The molecule has 2 aliphatic rings. The highest BCUT2D eigenvalue weighted by molar-refractivity contribution is 8.15. The number of fused-ring (bicyclic) bond motifs is 3. The first kappa shape index (κ1) is 18.8. The molecule has 1 amide bonds. The molecule has 0 unspecified atom stereocenters.